The van der Waals surface area contributed by atoms with Crippen LogP contribution < -0.4 is 10.6 Å². The van der Waals surface area contributed by atoms with Crippen LogP contribution in [-0.2, 0) is 16.1 Å². The second kappa shape index (κ2) is 11.0. The van der Waals surface area contributed by atoms with Gasteiger partial charge in [-0.3, -0.25) is 9.59 Å². The maximum atomic E-state index is 13.5. The van der Waals surface area contributed by atoms with E-state index in [2.05, 4.69) is 20.8 Å². The molecule has 1 aliphatic rings. The first-order valence-electron chi connectivity index (χ1n) is 12.1. The summed E-state index contributed by atoms with van der Waals surface area (Å²) in [6.07, 6.45) is 2.56. The molecule has 2 amide bonds. The summed E-state index contributed by atoms with van der Waals surface area (Å²) >= 11 is 0. The summed E-state index contributed by atoms with van der Waals surface area (Å²) in [7, 11) is -1.71. The lowest BCUT2D eigenvalue weighted by atomic mass is 9.74. The zero-order valence-corrected chi connectivity index (χ0v) is 20.4. The Morgan fingerprint density at radius 3 is 2.64 bits per heavy atom. The maximum Gasteiger partial charge on any atom is 0.475 e. The summed E-state index contributed by atoms with van der Waals surface area (Å²) in [4.78, 5) is 35.2. The van der Waals surface area contributed by atoms with E-state index in [9.17, 15) is 19.6 Å². The molecule has 2 unspecified atom stereocenters. The minimum atomic E-state index is -1.71. The molecule has 10 heteroatoms. The molecule has 0 bridgehead atoms. The van der Waals surface area contributed by atoms with Crippen LogP contribution in [0, 0.1) is 5.92 Å². The lowest BCUT2D eigenvalue weighted by molar-refractivity contribution is -0.144. The number of nitrogens with zero attached hydrogens (tertiary/aromatic N) is 1. The highest BCUT2D eigenvalue weighted by Crippen LogP contribution is 2.29. The largest absolute Gasteiger partial charge is 0.475 e. The molecule has 0 radical (unpaired) electrons. The molecule has 188 valence electrons. The highest BCUT2D eigenvalue weighted by Gasteiger charge is 2.48. The Balaban J connectivity index is 1.48. The van der Waals surface area contributed by atoms with E-state index >= 15 is 0 Å². The number of aromatic nitrogens is 1. The number of oxime groups is 1. The van der Waals surface area contributed by atoms with Crippen molar-refractivity contribution in [1.29, 1.82) is 0 Å². The predicted octanol–water partition coefficient (Wildman–Crippen LogP) is 2.20. The number of hydrogen-bond donors (Lipinski definition) is 5. The molecule has 36 heavy (non-hydrogen) atoms. The lowest BCUT2D eigenvalue weighted by Gasteiger charge is -2.29. The van der Waals surface area contributed by atoms with E-state index in [1.54, 1.807) is 12.3 Å². The molecule has 3 aromatic rings. The third-order valence-electron chi connectivity index (χ3n) is 6.28. The fourth-order valence-electron chi connectivity index (χ4n) is 4.49. The molecule has 5 N–H and O–H groups in total. The quantitative estimate of drug-likeness (QED) is 0.278. The minimum absolute atomic E-state index is 0.113. The van der Waals surface area contributed by atoms with Crippen molar-refractivity contribution in [1.82, 2.24) is 15.6 Å². The number of rotatable bonds is 10. The van der Waals surface area contributed by atoms with E-state index in [1.165, 1.54) is 0 Å². The van der Waals surface area contributed by atoms with Gasteiger partial charge in [-0.2, -0.15) is 0 Å². The zero-order chi connectivity index (χ0) is 25.7. The van der Waals surface area contributed by atoms with Gasteiger partial charge in [-0.1, -0.05) is 55.4 Å². The van der Waals surface area contributed by atoms with Crippen LogP contribution in [0.4, 0.5) is 0 Å². The van der Waals surface area contributed by atoms with Gasteiger partial charge in [0.25, 0.3) is 11.8 Å². The Morgan fingerprint density at radius 1 is 1.14 bits per heavy atom. The molecule has 4 rings (SSSR count). The van der Waals surface area contributed by atoms with Crippen molar-refractivity contribution in [2.45, 2.75) is 44.7 Å². The molecule has 1 aromatic heterocycles. The molecule has 9 nitrogen and oxygen atoms in total. The lowest BCUT2D eigenvalue weighted by Crippen LogP contribution is -2.56. The molecule has 2 aromatic carbocycles. The minimum Gasteiger partial charge on any atom is -0.426 e. The third kappa shape index (κ3) is 5.77. The fraction of sp³-hybridized carbons (Fsp3) is 0.346. The second-order valence-corrected chi connectivity index (χ2v) is 9.63. The van der Waals surface area contributed by atoms with Gasteiger partial charge in [-0.15, -0.1) is 0 Å². The summed E-state index contributed by atoms with van der Waals surface area (Å²) in [5, 5.41) is 30.2. The average Bonchev–Trinajstić information content (AvgIpc) is 3.50. The van der Waals surface area contributed by atoms with Crippen LogP contribution in [0.3, 0.4) is 0 Å². The van der Waals surface area contributed by atoms with Gasteiger partial charge in [-0.05, 0) is 36.1 Å². The first-order chi connectivity index (χ1) is 17.3. The number of carbonyl (C=O) groups is 2. The number of hydrogen-bond acceptors (Lipinski definition) is 6. The van der Waals surface area contributed by atoms with Gasteiger partial charge < -0.3 is 30.5 Å². The summed E-state index contributed by atoms with van der Waals surface area (Å²) in [6.45, 7) is 3.98. The molecular formula is C26H31BN4O5. The number of nitrogens with one attached hydrogen (secondary N) is 3. The Kier molecular flexibility index (Phi) is 7.76. The van der Waals surface area contributed by atoms with Crippen LogP contribution in [0.5, 0.6) is 0 Å². The molecule has 2 atom stereocenters. The highest BCUT2D eigenvalue weighted by atomic mass is 16.7. The predicted molar refractivity (Wildman–Crippen MR) is 138 cm³/mol. The Bertz CT molecular complexity index is 1240. The van der Waals surface area contributed by atoms with Crippen molar-refractivity contribution in [2.75, 3.05) is 6.54 Å². The summed E-state index contributed by atoms with van der Waals surface area (Å²) in [5.74, 6) is -1.45. The summed E-state index contributed by atoms with van der Waals surface area (Å²) in [6, 6.07) is 16.7. The number of benzene rings is 2. The highest BCUT2D eigenvalue weighted by molar-refractivity contribution is 6.43. The number of amides is 2. The normalized spacial score (nSPS) is 18.0. The Labute approximate surface area is 210 Å². The Morgan fingerprint density at radius 2 is 1.92 bits per heavy atom. The van der Waals surface area contributed by atoms with E-state index < -0.39 is 24.6 Å². The second-order valence-electron chi connectivity index (χ2n) is 9.63. The van der Waals surface area contributed by atoms with Crippen LogP contribution in [0.1, 0.15) is 42.6 Å². The van der Waals surface area contributed by atoms with Crippen molar-refractivity contribution in [2.24, 2.45) is 11.1 Å². The van der Waals surface area contributed by atoms with Crippen LogP contribution in [0.15, 0.2) is 65.9 Å². The summed E-state index contributed by atoms with van der Waals surface area (Å²) in [5.41, 5.74) is 1.42. The Hall–Kier alpha value is -3.63. The molecular weight excluding hydrogens is 459 g/mol. The van der Waals surface area contributed by atoms with Crippen molar-refractivity contribution in [3.8, 4) is 0 Å². The molecule has 2 heterocycles. The van der Waals surface area contributed by atoms with Crippen LogP contribution in [-0.4, -0.2) is 57.8 Å². The molecule has 1 aliphatic heterocycles. The number of carbonyl (C=O) groups excluding carboxylic acids is 2. The number of aromatic amines is 1. The van der Waals surface area contributed by atoms with E-state index in [0.29, 0.717) is 17.7 Å². The zero-order valence-electron chi connectivity index (χ0n) is 20.4. The van der Waals surface area contributed by atoms with E-state index in [0.717, 1.165) is 16.5 Å². The SMILES string of the molecule is CC(C)CC(NC(=O)C1(Cc2ccccc2)CC(CNC(=O)c2cccc3[nH]ccc23)=NO1)B(O)O. The first kappa shape index (κ1) is 25.5. The van der Waals surface area contributed by atoms with Crippen LogP contribution in [0.2, 0.25) is 0 Å². The van der Waals surface area contributed by atoms with Gasteiger partial charge in [0.1, 0.15) is 0 Å². The van der Waals surface area contributed by atoms with Gasteiger partial charge in [0.2, 0.25) is 5.60 Å². The summed E-state index contributed by atoms with van der Waals surface area (Å²) < 4.78 is 0. The van der Waals surface area contributed by atoms with Crippen LogP contribution in [0.25, 0.3) is 10.9 Å². The first-order valence-corrected chi connectivity index (χ1v) is 12.1. The van der Waals surface area contributed by atoms with Crippen molar-refractivity contribution in [3.63, 3.8) is 0 Å². The smallest absolute Gasteiger partial charge is 0.426 e. The monoisotopic (exact) mass is 490 g/mol. The molecule has 0 saturated heterocycles. The van der Waals surface area contributed by atoms with Crippen molar-refractivity contribution >= 4 is 35.5 Å². The third-order valence-corrected chi connectivity index (χ3v) is 6.28. The molecule has 0 spiro atoms. The number of fused-ring (bicyclic) bond motifs is 1. The molecule has 0 saturated carbocycles. The van der Waals surface area contributed by atoms with Crippen LogP contribution >= 0.6 is 0 Å². The standard InChI is InChI=1S/C26H31BN4O5/c1-17(2)13-23(27(34)35)30-25(33)26(14-18-7-4-3-5-8-18)15-19(31-36-26)16-29-24(32)21-9-6-10-22-20(21)11-12-28-22/h3-12,17,23,28,34-35H,13-16H2,1-2H3,(H,29,32)(H,30,33). The molecule has 0 fully saturated rings. The fourth-order valence-corrected chi connectivity index (χ4v) is 4.49. The van der Waals surface area contributed by atoms with Gasteiger partial charge in [0, 0.05) is 35.5 Å². The number of H-pyrrole nitrogens is 1. The van der Waals surface area contributed by atoms with E-state index in [4.69, 9.17) is 4.84 Å². The van der Waals surface area contributed by atoms with Gasteiger partial charge >= 0.3 is 7.12 Å². The van der Waals surface area contributed by atoms with Crippen molar-refractivity contribution < 1.29 is 24.5 Å². The van der Waals surface area contributed by atoms with Gasteiger partial charge in [0.05, 0.1) is 18.2 Å². The average molecular weight is 490 g/mol. The topological polar surface area (TPSA) is 136 Å². The van der Waals surface area contributed by atoms with E-state index in [-0.39, 0.29) is 31.2 Å². The van der Waals surface area contributed by atoms with Gasteiger partial charge in [0.15, 0.2) is 0 Å². The van der Waals surface area contributed by atoms with Gasteiger partial charge in [-0.25, -0.2) is 0 Å². The maximum absolute atomic E-state index is 13.5. The molecule has 0 aliphatic carbocycles. The van der Waals surface area contributed by atoms with Crippen molar-refractivity contribution in [3.05, 3.63) is 71.9 Å². The van der Waals surface area contributed by atoms with E-state index in [1.807, 2.05) is 62.4 Å².